The van der Waals surface area contributed by atoms with Crippen molar-refractivity contribution in [1.29, 1.82) is 0 Å². The number of aliphatic imine (C=N–C) groups is 1. The fraction of sp³-hybridized carbons (Fsp3) is 0.562. The first-order valence-electron chi connectivity index (χ1n) is 7.49. The van der Waals surface area contributed by atoms with Crippen molar-refractivity contribution in [1.82, 2.24) is 10.2 Å². The second-order valence-corrected chi connectivity index (χ2v) is 5.78. The molecule has 1 heterocycles. The van der Waals surface area contributed by atoms with Crippen LogP contribution < -0.4 is 11.1 Å². The number of benzene rings is 1. The summed E-state index contributed by atoms with van der Waals surface area (Å²) >= 11 is 0. The van der Waals surface area contributed by atoms with Gasteiger partial charge in [-0.05, 0) is 38.8 Å². The van der Waals surface area contributed by atoms with Gasteiger partial charge >= 0.3 is 0 Å². The van der Waals surface area contributed by atoms with E-state index in [0.717, 1.165) is 19.6 Å². The van der Waals surface area contributed by atoms with E-state index in [1.165, 1.54) is 18.4 Å². The molecule has 1 atom stereocenters. The van der Waals surface area contributed by atoms with Crippen molar-refractivity contribution in [2.45, 2.75) is 45.3 Å². The fourth-order valence-electron chi connectivity index (χ4n) is 2.67. The van der Waals surface area contributed by atoms with Crippen molar-refractivity contribution in [3.63, 3.8) is 0 Å². The Kier molecular flexibility index (Phi) is 5.41. The van der Waals surface area contributed by atoms with E-state index >= 15 is 0 Å². The molecule has 20 heavy (non-hydrogen) atoms. The van der Waals surface area contributed by atoms with Crippen LogP contribution in [-0.2, 0) is 6.54 Å². The summed E-state index contributed by atoms with van der Waals surface area (Å²) in [6.45, 7) is 7.10. The number of likely N-dealkylation sites (tertiary alicyclic amines) is 1. The molecule has 1 saturated heterocycles. The highest BCUT2D eigenvalue weighted by atomic mass is 15.2. The Labute approximate surface area is 122 Å². The molecule has 4 heteroatoms. The monoisotopic (exact) mass is 274 g/mol. The lowest BCUT2D eigenvalue weighted by Crippen LogP contribution is -2.38. The van der Waals surface area contributed by atoms with Crippen molar-refractivity contribution in [3.05, 3.63) is 35.9 Å². The van der Waals surface area contributed by atoms with E-state index in [1.807, 2.05) is 0 Å². The molecule has 1 aliphatic heterocycles. The summed E-state index contributed by atoms with van der Waals surface area (Å²) in [6, 6.07) is 11.5. The Morgan fingerprint density at radius 1 is 1.40 bits per heavy atom. The van der Waals surface area contributed by atoms with Crippen LogP contribution in [-0.4, -0.2) is 36.0 Å². The molecular formula is C16H26N4. The normalized spacial score (nSPS) is 20.6. The Bertz CT molecular complexity index is 427. The van der Waals surface area contributed by atoms with Gasteiger partial charge in [-0.15, -0.1) is 0 Å². The molecule has 110 valence electrons. The lowest BCUT2D eigenvalue weighted by Gasteiger charge is -2.23. The van der Waals surface area contributed by atoms with Crippen molar-refractivity contribution in [2.75, 3.05) is 13.1 Å². The first kappa shape index (κ1) is 14.9. The van der Waals surface area contributed by atoms with Gasteiger partial charge in [0.05, 0.1) is 6.54 Å². The minimum Gasteiger partial charge on any atom is -0.370 e. The van der Waals surface area contributed by atoms with E-state index in [1.54, 1.807) is 0 Å². The zero-order valence-electron chi connectivity index (χ0n) is 12.5. The maximum atomic E-state index is 5.87. The van der Waals surface area contributed by atoms with Gasteiger partial charge in [0.15, 0.2) is 5.96 Å². The van der Waals surface area contributed by atoms with Crippen LogP contribution in [0.4, 0.5) is 0 Å². The van der Waals surface area contributed by atoms with Crippen LogP contribution in [0.15, 0.2) is 35.3 Å². The van der Waals surface area contributed by atoms with Crippen molar-refractivity contribution < 1.29 is 0 Å². The maximum Gasteiger partial charge on any atom is 0.188 e. The van der Waals surface area contributed by atoms with E-state index in [9.17, 15) is 0 Å². The quantitative estimate of drug-likeness (QED) is 0.637. The second kappa shape index (κ2) is 7.29. The van der Waals surface area contributed by atoms with Crippen LogP contribution in [0, 0.1) is 0 Å². The van der Waals surface area contributed by atoms with Crippen molar-refractivity contribution in [3.8, 4) is 0 Å². The van der Waals surface area contributed by atoms with Crippen molar-refractivity contribution in [2.24, 2.45) is 10.7 Å². The lowest BCUT2D eigenvalue weighted by molar-refractivity contribution is 0.250. The third-order valence-corrected chi connectivity index (χ3v) is 3.64. The largest absolute Gasteiger partial charge is 0.370 e. The highest BCUT2D eigenvalue weighted by Gasteiger charge is 2.24. The summed E-state index contributed by atoms with van der Waals surface area (Å²) in [6.07, 6.45) is 2.47. The number of hydrogen-bond acceptors (Lipinski definition) is 2. The summed E-state index contributed by atoms with van der Waals surface area (Å²) in [7, 11) is 0. The van der Waals surface area contributed by atoms with Gasteiger partial charge in [-0.25, -0.2) is 0 Å². The van der Waals surface area contributed by atoms with Crippen LogP contribution in [0.25, 0.3) is 0 Å². The summed E-state index contributed by atoms with van der Waals surface area (Å²) in [5, 5.41) is 3.14. The van der Waals surface area contributed by atoms with Crippen LogP contribution in [0.5, 0.6) is 0 Å². The zero-order chi connectivity index (χ0) is 14.4. The third-order valence-electron chi connectivity index (χ3n) is 3.64. The predicted octanol–water partition coefficient (Wildman–Crippen LogP) is 1.96. The minimum atomic E-state index is 0.336. The van der Waals surface area contributed by atoms with Gasteiger partial charge in [-0.2, -0.15) is 0 Å². The van der Waals surface area contributed by atoms with Crippen LogP contribution in [0.2, 0.25) is 0 Å². The summed E-state index contributed by atoms with van der Waals surface area (Å²) < 4.78 is 0. The molecule has 3 N–H and O–H groups in total. The molecule has 1 aliphatic rings. The van der Waals surface area contributed by atoms with Gasteiger partial charge in [0.25, 0.3) is 0 Å². The first-order chi connectivity index (χ1) is 9.65. The van der Waals surface area contributed by atoms with Gasteiger partial charge in [0, 0.05) is 18.6 Å². The smallest absolute Gasteiger partial charge is 0.188 e. The molecule has 1 aromatic rings. The van der Waals surface area contributed by atoms with E-state index < -0.39 is 0 Å². The molecule has 0 bridgehead atoms. The highest BCUT2D eigenvalue weighted by molar-refractivity contribution is 5.78. The Morgan fingerprint density at radius 2 is 2.15 bits per heavy atom. The molecule has 0 radical (unpaired) electrons. The van der Waals surface area contributed by atoms with Crippen LogP contribution in [0.1, 0.15) is 32.3 Å². The molecule has 0 spiro atoms. The van der Waals surface area contributed by atoms with Crippen molar-refractivity contribution >= 4 is 5.96 Å². The minimum absolute atomic E-state index is 0.336. The molecular weight excluding hydrogens is 248 g/mol. The number of rotatable bonds is 5. The molecule has 1 fully saturated rings. The number of nitrogens with two attached hydrogens (primary N) is 1. The fourth-order valence-corrected chi connectivity index (χ4v) is 2.67. The average molecular weight is 274 g/mol. The van der Waals surface area contributed by atoms with E-state index in [2.05, 4.69) is 59.4 Å². The number of hydrogen-bond donors (Lipinski definition) is 2. The molecule has 1 unspecified atom stereocenters. The number of nitrogens with one attached hydrogen (secondary N) is 1. The Morgan fingerprint density at radius 3 is 2.85 bits per heavy atom. The van der Waals surface area contributed by atoms with Gasteiger partial charge in [-0.1, -0.05) is 30.3 Å². The van der Waals surface area contributed by atoms with E-state index in [0.29, 0.717) is 18.0 Å². The van der Waals surface area contributed by atoms with Gasteiger partial charge in [-0.3, -0.25) is 9.89 Å². The maximum absolute atomic E-state index is 5.87. The first-order valence-corrected chi connectivity index (χ1v) is 7.49. The predicted molar refractivity (Wildman–Crippen MR) is 84.6 cm³/mol. The van der Waals surface area contributed by atoms with E-state index in [-0.39, 0.29) is 0 Å². The van der Waals surface area contributed by atoms with Gasteiger partial charge in [0.1, 0.15) is 0 Å². The van der Waals surface area contributed by atoms with E-state index in [4.69, 9.17) is 5.73 Å². The molecule has 4 nitrogen and oxygen atoms in total. The van der Waals surface area contributed by atoms with Crippen LogP contribution >= 0.6 is 0 Å². The highest BCUT2D eigenvalue weighted by Crippen LogP contribution is 2.20. The SMILES string of the molecule is CC(C)NC(N)=NCC1CCCN1Cc1ccccc1. The molecule has 0 aliphatic carbocycles. The van der Waals surface area contributed by atoms with Crippen LogP contribution in [0.3, 0.4) is 0 Å². The van der Waals surface area contributed by atoms with Gasteiger partial charge < -0.3 is 11.1 Å². The molecule has 0 amide bonds. The summed E-state index contributed by atoms with van der Waals surface area (Å²) in [5.74, 6) is 0.562. The summed E-state index contributed by atoms with van der Waals surface area (Å²) in [5.41, 5.74) is 7.24. The standard InChI is InChI=1S/C16H26N4/c1-13(2)19-16(17)18-11-15-9-6-10-20(15)12-14-7-4-3-5-8-14/h3-5,7-8,13,15H,6,9-12H2,1-2H3,(H3,17,18,19). The zero-order valence-corrected chi connectivity index (χ0v) is 12.5. The molecule has 1 aromatic carbocycles. The Balaban J connectivity index is 1.88. The number of guanidine groups is 1. The Hall–Kier alpha value is -1.55. The molecule has 2 rings (SSSR count). The second-order valence-electron chi connectivity index (χ2n) is 5.78. The molecule has 0 saturated carbocycles. The topological polar surface area (TPSA) is 53.6 Å². The summed E-state index contributed by atoms with van der Waals surface area (Å²) in [4.78, 5) is 7.00. The number of nitrogens with zero attached hydrogens (tertiary/aromatic N) is 2. The van der Waals surface area contributed by atoms with Gasteiger partial charge in [0.2, 0.25) is 0 Å². The molecule has 0 aromatic heterocycles. The average Bonchev–Trinajstić information content (AvgIpc) is 2.84. The lowest BCUT2D eigenvalue weighted by atomic mass is 10.2. The third kappa shape index (κ3) is 4.53.